The van der Waals surface area contributed by atoms with E-state index in [0.717, 1.165) is 11.3 Å². The van der Waals surface area contributed by atoms with Gasteiger partial charge in [-0.2, -0.15) is 0 Å². The molecule has 25 heavy (non-hydrogen) atoms. The topological polar surface area (TPSA) is 61.4 Å². The summed E-state index contributed by atoms with van der Waals surface area (Å²) in [6, 6.07) is 14.6. The van der Waals surface area contributed by atoms with E-state index >= 15 is 0 Å². The lowest BCUT2D eigenvalue weighted by atomic mass is 10.1. The Morgan fingerprint density at radius 3 is 2.52 bits per heavy atom. The van der Waals surface area contributed by atoms with Gasteiger partial charge in [-0.3, -0.25) is 4.79 Å². The van der Waals surface area contributed by atoms with Crippen LogP contribution in [0.1, 0.15) is 17.5 Å². The van der Waals surface area contributed by atoms with Crippen LogP contribution in [0.5, 0.6) is 0 Å². The molecule has 6 heteroatoms. The third kappa shape index (κ3) is 4.51. The molecule has 1 atom stereocenters. The fourth-order valence-corrected chi connectivity index (χ4v) is 2.93. The van der Waals surface area contributed by atoms with Crippen molar-refractivity contribution >= 4 is 29.2 Å². The van der Waals surface area contributed by atoms with Crippen molar-refractivity contribution in [2.75, 3.05) is 11.4 Å². The maximum absolute atomic E-state index is 12.2. The number of benzene rings is 2. The minimum Gasteiger partial charge on any atom is -0.334 e. The maximum atomic E-state index is 12.2. The van der Waals surface area contributed by atoms with E-state index in [9.17, 15) is 9.59 Å². The quantitative estimate of drug-likeness (QED) is 0.882. The maximum Gasteiger partial charge on any atom is 0.315 e. The Hall–Kier alpha value is -2.53. The summed E-state index contributed by atoms with van der Waals surface area (Å²) in [4.78, 5) is 25.9. The van der Waals surface area contributed by atoms with Crippen molar-refractivity contribution in [3.63, 3.8) is 0 Å². The van der Waals surface area contributed by atoms with Gasteiger partial charge in [0.1, 0.15) is 0 Å². The summed E-state index contributed by atoms with van der Waals surface area (Å²) < 4.78 is 0. The molecule has 0 spiro atoms. The summed E-state index contributed by atoms with van der Waals surface area (Å²) in [7, 11) is 0. The molecule has 1 saturated heterocycles. The van der Waals surface area contributed by atoms with E-state index in [4.69, 9.17) is 11.6 Å². The van der Waals surface area contributed by atoms with E-state index in [-0.39, 0.29) is 18.0 Å². The fraction of sp³-hybridized carbons (Fsp3) is 0.263. The van der Waals surface area contributed by atoms with E-state index in [1.165, 1.54) is 5.56 Å². The minimum absolute atomic E-state index is 0.00819. The summed E-state index contributed by atoms with van der Waals surface area (Å²) in [6.07, 6.45) is 0.292. The first-order valence-electron chi connectivity index (χ1n) is 8.17. The van der Waals surface area contributed by atoms with Crippen LogP contribution in [0.2, 0.25) is 5.02 Å². The highest BCUT2D eigenvalue weighted by atomic mass is 35.5. The zero-order valence-electron chi connectivity index (χ0n) is 14.0. The Labute approximate surface area is 152 Å². The number of nitrogens with one attached hydrogen (secondary N) is 2. The van der Waals surface area contributed by atoms with Crippen molar-refractivity contribution < 1.29 is 9.59 Å². The largest absolute Gasteiger partial charge is 0.334 e. The Morgan fingerprint density at radius 2 is 1.84 bits per heavy atom. The van der Waals surface area contributed by atoms with Crippen molar-refractivity contribution in [3.05, 3.63) is 64.7 Å². The summed E-state index contributed by atoms with van der Waals surface area (Å²) >= 11 is 5.88. The molecule has 0 unspecified atom stereocenters. The monoisotopic (exact) mass is 357 g/mol. The van der Waals surface area contributed by atoms with Crippen LogP contribution in [-0.4, -0.2) is 24.5 Å². The Kier molecular flexibility index (Phi) is 5.24. The molecular weight excluding hydrogens is 338 g/mol. The zero-order valence-corrected chi connectivity index (χ0v) is 14.7. The summed E-state index contributed by atoms with van der Waals surface area (Å²) in [6.45, 7) is 2.93. The van der Waals surface area contributed by atoms with Gasteiger partial charge in [0.25, 0.3) is 0 Å². The Balaban J connectivity index is 1.51. The molecular formula is C19H20ClN3O2. The van der Waals surface area contributed by atoms with Gasteiger partial charge in [-0.1, -0.05) is 41.4 Å². The van der Waals surface area contributed by atoms with E-state index in [2.05, 4.69) is 10.6 Å². The molecule has 0 aliphatic carbocycles. The summed E-state index contributed by atoms with van der Waals surface area (Å²) in [5, 5.41) is 6.31. The van der Waals surface area contributed by atoms with Crippen molar-refractivity contribution in [1.29, 1.82) is 0 Å². The molecule has 2 aromatic carbocycles. The smallest absolute Gasteiger partial charge is 0.315 e. The summed E-state index contributed by atoms with van der Waals surface area (Å²) in [5.41, 5.74) is 3.00. The van der Waals surface area contributed by atoms with Gasteiger partial charge in [0.05, 0.1) is 6.04 Å². The van der Waals surface area contributed by atoms with Crippen molar-refractivity contribution in [2.45, 2.75) is 25.9 Å². The van der Waals surface area contributed by atoms with Gasteiger partial charge >= 0.3 is 6.03 Å². The van der Waals surface area contributed by atoms with Gasteiger partial charge in [0, 0.05) is 30.2 Å². The van der Waals surface area contributed by atoms with Crippen molar-refractivity contribution in [1.82, 2.24) is 10.6 Å². The van der Waals surface area contributed by atoms with Crippen LogP contribution in [0.25, 0.3) is 0 Å². The molecule has 1 aliphatic rings. The van der Waals surface area contributed by atoms with Crippen LogP contribution >= 0.6 is 11.6 Å². The SMILES string of the molecule is Cc1ccc(CNC(=O)N[C@@H]2CC(=O)N(c3ccc(Cl)cc3)C2)cc1. The van der Waals surface area contributed by atoms with E-state index in [0.29, 0.717) is 24.5 Å². The number of rotatable bonds is 4. The second-order valence-electron chi connectivity index (χ2n) is 6.19. The normalized spacial score (nSPS) is 16.8. The second kappa shape index (κ2) is 7.57. The number of carbonyl (C=O) groups excluding carboxylic acids is 2. The Morgan fingerprint density at radius 1 is 1.16 bits per heavy atom. The van der Waals surface area contributed by atoms with Crippen LogP contribution < -0.4 is 15.5 Å². The van der Waals surface area contributed by atoms with Gasteiger partial charge in [0.15, 0.2) is 0 Å². The van der Waals surface area contributed by atoms with E-state index in [1.807, 2.05) is 31.2 Å². The molecule has 2 aromatic rings. The predicted octanol–water partition coefficient (Wildman–Crippen LogP) is 3.25. The standard InChI is InChI=1S/C19H20ClN3O2/c1-13-2-4-14(5-3-13)11-21-19(25)22-16-10-18(24)23(12-16)17-8-6-15(20)7-9-17/h2-9,16H,10-12H2,1H3,(H2,21,22,25)/t16-/m1/s1. The van der Waals surface area contributed by atoms with Gasteiger partial charge in [-0.25, -0.2) is 4.79 Å². The molecule has 3 amide bonds. The molecule has 130 valence electrons. The molecule has 0 aromatic heterocycles. The van der Waals surface area contributed by atoms with E-state index in [1.54, 1.807) is 29.2 Å². The number of carbonyl (C=O) groups is 2. The predicted molar refractivity (Wildman–Crippen MR) is 98.8 cm³/mol. The number of hydrogen-bond acceptors (Lipinski definition) is 2. The lowest BCUT2D eigenvalue weighted by molar-refractivity contribution is -0.117. The lowest BCUT2D eigenvalue weighted by Crippen LogP contribution is -2.43. The van der Waals surface area contributed by atoms with Crippen LogP contribution in [0.4, 0.5) is 10.5 Å². The van der Waals surface area contributed by atoms with Crippen LogP contribution in [-0.2, 0) is 11.3 Å². The molecule has 0 radical (unpaired) electrons. The molecule has 0 saturated carbocycles. The minimum atomic E-state index is -0.267. The molecule has 2 N–H and O–H groups in total. The van der Waals surface area contributed by atoms with Gasteiger partial charge in [-0.15, -0.1) is 0 Å². The van der Waals surface area contributed by atoms with E-state index < -0.39 is 0 Å². The van der Waals surface area contributed by atoms with Crippen LogP contribution in [0.15, 0.2) is 48.5 Å². The highest BCUT2D eigenvalue weighted by molar-refractivity contribution is 6.30. The average Bonchev–Trinajstić information content (AvgIpc) is 2.95. The number of urea groups is 1. The fourth-order valence-electron chi connectivity index (χ4n) is 2.80. The third-order valence-electron chi connectivity index (χ3n) is 4.17. The number of hydrogen-bond donors (Lipinski definition) is 2. The van der Waals surface area contributed by atoms with Gasteiger partial charge in [-0.05, 0) is 36.8 Å². The number of nitrogens with zero attached hydrogens (tertiary/aromatic N) is 1. The Bertz CT molecular complexity index is 759. The average molecular weight is 358 g/mol. The first-order valence-corrected chi connectivity index (χ1v) is 8.55. The van der Waals surface area contributed by atoms with Crippen LogP contribution in [0, 0.1) is 6.92 Å². The highest BCUT2D eigenvalue weighted by Gasteiger charge is 2.31. The summed E-state index contributed by atoms with van der Waals surface area (Å²) in [5.74, 6) is -0.00819. The third-order valence-corrected chi connectivity index (χ3v) is 4.42. The highest BCUT2D eigenvalue weighted by Crippen LogP contribution is 2.23. The first kappa shape index (κ1) is 17.3. The zero-order chi connectivity index (χ0) is 17.8. The van der Waals surface area contributed by atoms with Gasteiger partial charge in [0.2, 0.25) is 5.91 Å². The number of anilines is 1. The van der Waals surface area contributed by atoms with Crippen molar-refractivity contribution in [3.8, 4) is 0 Å². The molecule has 1 aliphatic heterocycles. The first-order chi connectivity index (χ1) is 12.0. The van der Waals surface area contributed by atoms with Crippen molar-refractivity contribution in [2.24, 2.45) is 0 Å². The second-order valence-corrected chi connectivity index (χ2v) is 6.63. The molecule has 5 nitrogen and oxygen atoms in total. The van der Waals surface area contributed by atoms with Crippen LogP contribution in [0.3, 0.4) is 0 Å². The lowest BCUT2D eigenvalue weighted by Gasteiger charge is -2.17. The molecule has 3 rings (SSSR count). The number of halogens is 1. The number of aryl methyl sites for hydroxylation is 1. The number of amides is 3. The van der Waals surface area contributed by atoms with Gasteiger partial charge < -0.3 is 15.5 Å². The molecule has 1 fully saturated rings. The molecule has 0 bridgehead atoms. The molecule has 1 heterocycles.